The predicted octanol–water partition coefficient (Wildman–Crippen LogP) is 3.49. The first-order chi connectivity index (χ1) is 11.3. The number of anilines is 1. The molecule has 1 saturated carbocycles. The summed E-state index contributed by atoms with van der Waals surface area (Å²) in [6.07, 6.45) is 4.95. The van der Waals surface area contributed by atoms with Gasteiger partial charge in [-0.15, -0.1) is 11.3 Å². The first kappa shape index (κ1) is 14.1. The van der Waals surface area contributed by atoms with Gasteiger partial charge < -0.3 is 10.1 Å². The van der Waals surface area contributed by atoms with Gasteiger partial charge in [0.25, 0.3) is 0 Å². The molecule has 2 aromatic heterocycles. The van der Waals surface area contributed by atoms with Crippen molar-refractivity contribution in [3.8, 4) is 5.75 Å². The normalized spacial score (nSPS) is 20.0. The maximum Gasteiger partial charge on any atom is 0.229 e. The maximum absolute atomic E-state index is 12.1. The Bertz CT molecular complexity index is 823. The second kappa shape index (κ2) is 5.96. The fraction of sp³-hybridized carbons (Fsp3) is 0.235. The fourth-order valence-electron chi connectivity index (χ4n) is 2.72. The third-order valence-electron chi connectivity index (χ3n) is 4.02. The number of rotatable bonds is 4. The molecule has 6 heteroatoms. The minimum absolute atomic E-state index is 0.00756. The number of carbonyl (C=O) groups is 1. The van der Waals surface area contributed by atoms with Crippen LogP contribution in [0.3, 0.4) is 0 Å². The molecular formula is C17H15N3O2S. The molecule has 0 spiro atoms. The molecule has 1 aromatic carbocycles. The zero-order valence-electron chi connectivity index (χ0n) is 12.3. The highest BCUT2D eigenvalue weighted by atomic mass is 32.1. The molecule has 0 unspecified atom stereocenters. The summed E-state index contributed by atoms with van der Waals surface area (Å²) >= 11 is 1.43. The van der Waals surface area contributed by atoms with Crippen molar-refractivity contribution in [2.75, 3.05) is 5.32 Å². The number of pyridine rings is 1. The molecule has 3 aromatic rings. The van der Waals surface area contributed by atoms with Crippen LogP contribution in [0.5, 0.6) is 5.75 Å². The lowest BCUT2D eigenvalue weighted by molar-refractivity contribution is -0.125. The van der Waals surface area contributed by atoms with E-state index in [1.165, 1.54) is 11.3 Å². The summed E-state index contributed by atoms with van der Waals surface area (Å²) in [5, 5.41) is 6.39. The van der Waals surface area contributed by atoms with Crippen molar-refractivity contribution in [1.29, 1.82) is 0 Å². The number of fused-ring (bicyclic) bond motifs is 1. The number of thiazole rings is 1. The van der Waals surface area contributed by atoms with Crippen LogP contribution >= 0.6 is 11.3 Å². The molecule has 0 saturated heterocycles. The molecule has 0 atom stereocenters. The Morgan fingerprint density at radius 3 is 2.87 bits per heavy atom. The second-order valence-corrected chi connectivity index (χ2v) is 6.46. The first-order valence-electron chi connectivity index (χ1n) is 7.50. The van der Waals surface area contributed by atoms with Gasteiger partial charge in [0.05, 0.1) is 0 Å². The highest BCUT2D eigenvalue weighted by Crippen LogP contribution is 2.34. The molecule has 2 heterocycles. The predicted molar refractivity (Wildman–Crippen MR) is 89.6 cm³/mol. The molecule has 1 fully saturated rings. The van der Waals surface area contributed by atoms with Crippen LogP contribution in [0.4, 0.5) is 5.13 Å². The molecular weight excluding hydrogens is 310 g/mol. The molecule has 1 aliphatic carbocycles. The van der Waals surface area contributed by atoms with E-state index in [1.54, 1.807) is 12.4 Å². The van der Waals surface area contributed by atoms with Crippen LogP contribution in [-0.4, -0.2) is 22.0 Å². The van der Waals surface area contributed by atoms with Gasteiger partial charge in [-0.2, -0.15) is 0 Å². The summed E-state index contributed by atoms with van der Waals surface area (Å²) in [4.78, 5) is 20.5. The van der Waals surface area contributed by atoms with Crippen LogP contribution in [0, 0.1) is 5.92 Å². The first-order valence-corrected chi connectivity index (χ1v) is 8.38. The molecule has 1 aliphatic rings. The van der Waals surface area contributed by atoms with Gasteiger partial charge in [0.2, 0.25) is 5.91 Å². The lowest BCUT2D eigenvalue weighted by Gasteiger charge is -2.34. The maximum atomic E-state index is 12.1. The number of hydrogen-bond acceptors (Lipinski definition) is 5. The lowest BCUT2D eigenvalue weighted by Crippen LogP contribution is -2.40. The minimum Gasteiger partial charge on any atom is -0.488 e. The zero-order chi connectivity index (χ0) is 15.6. The standard InChI is InChI=1S/C17H15N3O2S/c21-16(20-17-19-7-8-23-17)12-9-13(10-12)22-14-5-1-3-11-4-2-6-18-15(11)14/h1-8,12-13H,9-10H2,(H,19,20,21). The second-order valence-electron chi connectivity index (χ2n) is 5.57. The zero-order valence-corrected chi connectivity index (χ0v) is 13.1. The van der Waals surface area contributed by atoms with Gasteiger partial charge in [-0.05, 0) is 25.0 Å². The number of aromatic nitrogens is 2. The largest absolute Gasteiger partial charge is 0.488 e. The van der Waals surface area contributed by atoms with E-state index >= 15 is 0 Å². The molecule has 0 aliphatic heterocycles. The molecule has 116 valence electrons. The van der Waals surface area contributed by atoms with E-state index in [-0.39, 0.29) is 17.9 Å². The van der Waals surface area contributed by atoms with E-state index in [0.29, 0.717) is 5.13 Å². The number of hydrogen-bond donors (Lipinski definition) is 1. The van der Waals surface area contributed by atoms with E-state index in [0.717, 1.165) is 29.5 Å². The van der Waals surface area contributed by atoms with Gasteiger partial charge in [-0.3, -0.25) is 9.78 Å². The molecule has 0 bridgehead atoms. The monoisotopic (exact) mass is 325 g/mol. The highest BCUT2D eigenvalue weighted by molar-refractivity contribution is 7.13. The summed E-state index contributed by atoms with van der Waals surface area (Å²) in [5.41, 5.74) is 0.866. The van der Waals surface area contributed by atoms with Gasteiger partial charge >= 0.3 is 0 Å². The van der Waals surface area contributed by atoms with Gasteiger partial charge in [0.15, 0.2) is 5.13 Å². The summed E-state index contributed by atoms with van der Waals surface area (Å²) in [6, 6.07) is 9.83. The third kappa shape index (κ3) is 2.90. The summed E-state index contributed by atoms with van der Waals surface area (Å²) in [7, 11) is 0. The van der Waals surface area contributed by atoms with Crippen LogP contribution in [-0.2, 0) is 4.79 Å². The van der Waals surface area contributed by atoms with E-state index < -0.39 is 0 Å². The van der Waals surface area contributed by atoms with Gasteiger partial charge in [-0.25, -0.2) is 4.98 Å². The number of benzene rings is 1. The van der Waals surface area contributed by atoms with Gasteiger partial charge in [0, 0.05) is 29.1 Å². The van der Waals surface area contributed by atoms with E-state index in [4.69, 9.17) is 4.74 Å². The van der Waals surface area contributed by atoms with E-state index in [2.05, 4.69) is 15.3 Å². The van der Waals surface area contributed by atoms with Crippen LogP contribution in [0.15, 0.2) is 48.1 Å². The van der Waals surface area contributed by atoms with Gasteiger partial charge in [-0.1, -0.05) is 18.2 Å². The van der Waals surface area contributed by atoms with Crippen LogP contribution in [0.1, 0.15) is 12.8 Å². The Morgan fingerprint density at radius 1 is 1.17 bits per heavy atom. The minimum atomic E-state index is -0.00756. The van der Waals surface area contributed by atoms with Crippen molar-refractivity contribution < 1.29 is 9.53 Å². The number of nitrogens with zero attached hydrogens (tertiary/aromatic N) is 2. The summed E-state index contributed by atoms with van der Waals surface area (Å²) in [5.74, 6) is 0.801. The SMILES string of the molecule is O=C(Nc1nccs1)C1CC(Oc2cccc3cccnc23)C1. The Morgan fingerprint density at radius 2 is 2.04 bits per heavy atom. The molecule has 0 radical (unpaired) electrons. The number of carbonyl (C=O) groups excluding carboxylic acids is 1. The number of para-hydroxylation sites is 1. The average molecular weight is 325 g/mol. The van der Waals surface area contributed by atoms with E-state index in [1.807, 2.05) is 35.7 Å². The molecule has 1 amide bonds. The topological polar surface area (TPSA) is 64.1 Å². The van der Waals surface area contributed by atoms with Crippen molar-refractivity contribution in [3.63, 3.8) is 0 Å². The van der Waals surface area contributed by atoms with Crippen LogP contribution < -0.4 is 10.1 Å². The van der Waals surface area contributed by atoms with E-state index in [9.17, 15) is 4.79 Å². The Kier molecular flexibility index (Phi) is 3.67. The average Bonchev–Trinajstić information content (AvgIpc) is 3.03. The molecule has 1 N–H and O–H groups in total. The van der Waals surface area contributed by atoms with Crippen molar-refractivity contribution in [2.24, 2.45) is 5.92 Å². The lowest BCUT2D eigenvalue weighted by atomic mass is 9.81. The van der Waals surface area contributed by atoms with Crippen LogP contribution in [0.2, 0.25) is 0 Å². The fourth-order valence-corrected chi connectivity index (χ4v) is 3.25. The van der Waals surface area contributed by atoms with Crippen LogP contribution in [0.25, 0.3) is 10.9 Å². The number of nitrogens with one attached hydrogen (secondary N) is 1. The number of ether oxygens (including phenoxy) is 1. The molecule has 4 rings (SSSR count). The molecule has 23 heavy (non-hydrogen) atoms. The smallest absolute Gasteiger partial charge is 0.229 e. The van der Waals surface area contributed by atoms with Crippen molar-refractivity contribution >= 4 is 33.3 Å². The molecule has 5 nitrogen and oxygen atoms in total. The van der Waals surface area contributed by atoms with Gasteiger partial charge in [0.1, 0.15) is 17.4 Å². The Labute approximate surface area is 137 Å². The summed E-state index contributed by atoms with van der Waals surface area (Å²) < 4.78 is 6.02. The van der Waals surface area contributed by atoms with Crippen molar-refractivity contribution in [3.05, 3.63) is 48.1 Å². The Hall–Kier alpha value is -2.47. The Balaban J connectivity index is 1.38. The van der Waals surface area contributed by atoms with Crippen molar-refractivity contribution in [2.45, 2.75) is 18.9 Å². The highest BCUT2D eigenvalue weighted by Gasteiger charge is 2.36. The van der Waals surface area contributed by atoms with Crippen molar-refractivity contribution in [1.82, 2.24) is 9.97 Å². The third-order valence-corrected chi connectivity index (χ3v) is 4.71. The number of amides is 1. The summed E-state index contributed by atoms with van der Waals surface area (Å²) in [6.45, 7) is 0. The quantitative estimate of drug-likeness (QED) is 0.797.